The predicted molar refractivity (Wildman–Crippen MR) is 143 cm³/mol. The zero-order valence-electron chi connectivity index (χ0n) is 22.2. The van der Waals surface area contributed by atoms with Crippen LogP contribution in [0.5, 0.6) is 5.75 Å². The Balaban J connectivity index is 1.78. The molecule has 0 bridgehead atoms. The lowest BCUT2D eigenvalue weighted by Crippen LogP contribution is -2.17. The molecule has 0 aliphatic heterocycles. The number of nitrogens with zero attached hydrogens (tertiary/aromatic N) is 1. The van der Waals surface area contributed by atoms with E-state index in [1.165, 1.54) is 10.6 Å². The van der Waals surface area contributed by atoms with Crippen molar-refractivity contribution in [2.75, 3.05) is 0 Å². The molecule has 1 aliphatic carbocycles. The van der Waals surface area contributed by atoms with Gasteiger partial charge in [0.05, 0.1) is 11.1 Å². The molecule has 0 saturated heterocycles. The molecule has 1 N–H and O–H groups in total. The van der Waals surface area contributed by atoms with Crippen molar-refractivity contribution in [2.24, 2.45) is 7.05 Å². The first-order chi connectivity index (χ1) is 16.6. The molecule has 4 rings (SSSR count). The molecule has 1 heterocycles. The number of rotatable bonds is 4. The summed E-state index contributed by atoms with van der Waals surface area (Å²) in [6, 6.07) is 7.09. The maximum atomic E-state index is 13.4. The van der Waals surface area contributed by atoms with Crippen LogP contribution < -0.4 is 5.76 Å². The lowest BCUT2D eigenvalue weighted by Gasteiger charge is -2.27. The number of phenolic OH excluding ortho intramolecular Hbond substituents is 1. The van der Waals surface area contributed by atoms with E-state index in [1.807, 2.05) is 60.6 Å². The van der Waals surface area contributed by atoms with Crippen LogP contribution in [-0.4, -0.2) is 21.2 Å². The average molecular weight is 488 g/mol. The Labute approximate surface area is 210 Å². The number of aromatic hydroxyl groups is 1. The van der Waals surface area contributed by atoms with Gasteiger partial charge in [-0.1, -0.05) is 54.5 Å². The van der Waals surface area contributed by atoms with Crippen LogP contribution >= 0.6 is 0 Å². The molecule has 0 amide bonds. The fourth-order valence-corrected chi connectivity index (χ4v) is 4.80. The van der Waals surface area contributed by atoms with Crippen LogP contribution in [-0.2, 0) is 22.7 Å². The van der Waals surface area contributed by atoms with Gasteiger partial charge in [0.15, 0.2) is 17.1 Å². The van der Waals surface area contributed by atoms with Gasteiger partial charge in [-0.3, -0.25) is 14.2 Å². The fraction of sp³-hybridized carbons (Fsp3) is 0.367. The number of hydrogen-bond donors (Lipinski definition) is 1. The topological polar surface area (TPSA) is 89.5 Å². The largest absolute Gasteiger partial charge is 0.507 e. The molecule has 6 heteroatoms. The second-order valence-corrected chi connectivity index (χ2v) is 11.5. The van der Waals surface area contributed by atoms with E-state index >= 15 is 0 Å². The lowest BCUT2D eigenvalue weighted by molar-refractivity contribution is -0.110. The number of phenols is 1. The average Bonchev–Trinajstić information content (AvgIpc) is 3.21. The second kappa shape index (κ2) is 8.47. The number of hydrogen-bond acceptors (Lipinski definition) is 5. The van der Waals surface area contributed by atoms with Crippen molar-refractivity contribution in [3.05, 3.63) is 74.3 Å². The van der Waals surface area contributed by atoms with Gasteiger partial charge < -0.3 is 9.52 Å². The van der Waals surface area contributed by atoms with E-state index in [0.717, 1.165) is 16.7 Å². The van der Waals surface area contributed by atoms with Gasteiger partial charge in [0, 0.05) is 23.7 Å². The highest BCUT2D eigenvalue weighted by atomic mass is 16.4. The Morgan fingerprint density at radius 1 is 0.972 bits per heavy atom. The molecular formula is C30H33NO5. The van der Waals surface area contributed by atoms with Gasteiger partial charge in [-0.2, -0.15) is 0 Å². The smallest absolute Gasteiger partial charge is 0.419 e. The first-order valence-corrected chi connectivity index (χ1v) is 12.2. The van der Waals surface area contributed by atoms with E-state index in [-0.39, 0.29) is 33.7 Å². The van der Waals surface area contributed by atoms with Gasteiger partial charge in [-0.05, 0) is 64.3 Å². The normalized spacial score (nSPS) is 14.4. The highest BCUT2D eigenvalue weighted by molar-refractivity contribution is 6.38. The summed E-state index contributed by atoms with van der Waals surface area (Å²) in [5, 5.41) is 11.0. The van der Waals surface area contributed by atoms with Crippen molar-refractivity contribution < 1.29 is 19.1 Å². The van der Waals surface area contributed by atoms with Crippen LogP contribution in [0.4, 0.5) is 0 Å². The standard InChI is InChI=1S/C30H33NO5/c1-9-17-18-14-22-24(36-28(35)31(22)8)15-19(18)26(33)25(17)23(32)11-10-16-12-20(29(2,3)4)27(34)21(13-16)30(5,6)7/h10-15,34H,9H2,1-8H3. The van der Waals surface area contributed by atoms with Crippen molar-refractivity contribution in [1.82, 2.24) is 4.57 Å². The van der Waals surface area contributed by atoms with Crippen molar-refractivity contribution in [2.45, 2.75) is 65.7 Å². The number of ketones is 2. The molecule has 6 nitrogen and oxygen atoms in total. The molecule has 36 heavy (non-hydrogen) atoms. The van der Waals surface area contributed by atoms with Gasteiger partial charge >= 0.3 is 5.76 Å². The molecule has 0 saturated carbocycles. The summed E-state index contributed by atoms with van der Waals surface area (Å²) in [5.74, 6) is -0.960. The Kier molecular flexibility index (Phi) is 5.98. The summed E-state index contributed by atoms with van der Waals surface area (Å²) in [5.41, 5.74) is 4.54. The van der Waals surface area contributed by atoms with Crippen molar-refractivity contribution >= 4 is 34.3 Å². The SMILES string of the molecule is CCC1=C(C(=O)C=Cc2cc(C(C)(C)C)c(O)c(C(C)(C)C)c2)C(=O)c2cc3oc(=O)n(C)c3cc21. The fourth-order valence-electron chi connectivity index (χ4n) is 4.80. The monoisotopic (exact) mass is 487 g/mol. The minimum absolute atomic E-state index is 0.146. The Hall–Kier alpha value is -3.67. The molecular weight excluding hydrogens is 454 g/mol. The Bertz CT molecular complexity index is 1510. The number of allylic oxidation sites excluding steroid dienone is 3. The number of aromatic nitrogens is 1. The van der Waals surface area contributed by atoms with Gasteiger partial charge in [-0.15, -0.1) is 0 Å². The molecule has 188 valence electrons. The lowest BCUT2D eigenvalue weighted by atomic mass is 9.78. The number of oxazole rings is 1. The molecule has 1 aromatic heterocycles. The summed E-state index contributed by atoms with van der Waals surface area (Å²) >= 11 is 0. The predicted octanol–water partition coefficient (Wildman–Crippen LogP) is 6.07. The van der Waals surface area contributed by atoms with Crippen molar-refractivity contribution in [3.8, 4) is 5.75 Å². The van der Waals surface area contributed by atoms with Gasteiger partial charge in [-0.25, -0.2) is 4.79 Å². The highest BCUT2D eigenvalue weighted by Crippen LogP contribution is 2.41. The minimum Gasteiger partial charge on any atom is -0.507 e. The van der Waals surface area contributed by atoms with E-state index < -0.39 is 5.76 Å². The zero-order chi connectivity index (χ0) is 26.7. The number of Topliss-reactive ketones (excluding diaryl/α,β-unsaturated/α-hetero) is 1. The maximum absolute atomic E-state index is 13.4. The quantitative estimate of drug-likeness (QED) is 0.356. The van der Waals surface area contributed by atoms with Crippen LogP contribution in [0.1, 0.15) is 87.5 Å². The molecule has 0 unspecified atom stereocenters. The molecule has 0 spiro atoms. The van der Waals surface area contributed by atoms with E-state index in [0.29, 0.717) is 34.2 Å². The first-order valence-electron chi connectivity index (χ1n) is 12.2. The van der Waals surface area contributed by atoms with Crippen LogP contribution in [0, 0.1) is 0 Å². The van der Waals surface area contributed by atoms with Crippen LogP contribution in [0.15, 0.2) is 45.1 Å². The molecule has 2 aromatic carbocycles. The second-order valence-electron chi connectivity index (χ2n) is 11.5. The van der Waals surface area contributed by atoms with E-state index in [9.17, 15) is 19.5 Å². The summed E-state index contributed by atoms with van der Waals surface area (Å²) in [6.07, 6.45) is 3.63. The maximum Gasteiger partial charge on any atom is 0.419 e. The van der Waals surface area contributed by atoms with Crippen LogP contribution in [0.25, 0.3) is 22.7 Å². The number of carbonyl (C=O) groups is 2. The van der Waals surface area contributed by atoms with Gasteiger partial charge in [0.2, 0.25) is 0 Å². The summed E-state index contributed by atoms with van der Waals surface area (Å²) in [7, 11) is 1.61. The van der Waals surface area contributed by atoms with Crippen molar-refractivity contribution in [3.63, 3.8) is 0 Å². The van der Waals surface area contributed by atoms with E-state index in [4.69, 9.17) is 4.42 Å². The Morgan fingerprint density at radius 2 is 1.56 bits per heavy atom. The minimum atomic E-state index is -0.500. The molecule has 0 atom stereocenters. The van der Waals surface area contributed by atoms with Crippen LogP contribution in [0.3, 0.4) is 0 Å². The molecule has 0 fully saturated rings. The summed E-state index contributed by atoms with van der Waals surface area (Å²) < 4.78 is 6.63. The van der Waals surface area contributed by atoms with Gasteiger partial charge in [0.1, 0.15) is 5.75 Å². The molecule has 3 aromatic rings. The molecule has 1 aliphatic rings. The molecule has 0 radical (unpaired) electrons. The first kappa shape index (κ1) is 25.4. The third-order valence-corrected chi connectivity index (χ3v) is 6.81. The van der Waals surface area contributed by atoms with Crippen molar-refractivity contribution in [1.29, 1.82) is 0 Å². The Morgan fingerprint density at radius 3 is 2.08 bits per heavy atom. The van der Waals surface area contributed by atoms with E-state index in [2.05, 4.69) is 0 Å². The number of carbonyl (C=O) groups excluding carboxylic acids is 2. The van der Waals surface area contributed by atoms with E-state index in [1.54, 1.807) is 25.3 Å². The number of aryl methyl sites for hydroxylation is 1. The van der Waals surface area contributed by atoms with Crippen LogP contribution in [0.2, 0.25) is 0 Å². The third-order valence-electron chi connectivity index (χ3n) is 6.81. The summed E-state index contributed by atoms with van der Waals surface area (Å²) in [6.45, 7) is 14.1. The van der Waals surface area contributed by atoms with Gasteiger partial charge in [0.25, 0.3) is 0 Å². The number of benzene rings is 2. The number of fused-ring (bicyclic) bond motifs is 2. The highest BCUT2D eigenvalue weighted by Gasteiger charge is 2.33. The zero-order valence-corrected chi connectivity index (χ0v) is 22.2. The summed E-state index contributed by atoms with van der Waals surface area (Å²) in [4.78, 5) is 38.6. The third kappa shape index (κ3) is 4.15.